The van der Waals surface area contributed by atoms with Crippen molar-refractivity contribution >= 4 is 37.8 Å². The maximum absolute atomic E-state index is 13.3. The van der Waals surface area contributed by atoms with Crippen molar-refractivity contribution in [1.82, 2.24) is 4.90 Å². The van der Waals surface area contributed by atoms with Crippen LogP contribution in [0.1, 0.15) is 28.8 Å². The molecule has 3 atom stereocenters. The van der Waals surface area contributed by atoms with E-state index in [1.165, 1.54) is 12.1 Å². The van der Waals surface area contributed by atoms with Gasteiger partial charge in [0.15, 0.2) is 0 Å². The summed E-state index contributed by atoms with van der Waals surface area (Å²) in [7, 11) is 1.82. The van der Waals surface area contributed by atoms with Gasteiger partial charge < -0.3 is 9.64 Å². The molecule has 0 N–H and O–H groups in total. The number of carbonyl (C=O) groups excluding carboxylic acids is 1. The van der Waals surface area contributed by atoms with Gasteiger partial charge in [0.05, 0.1) is 6.04 Å². The van der Waals surface area contributed by atoms with Crippen LogP contribution in [0, 0.1) is 5.82 Å². The SMILES string of the molecule is CN1C(=O)[C@H](Cc2ccc(F)cc2)O[C@@H](c2ccc(Br)cc2)[C@H]1c1ccc(Br)cc1. The normalized spacial score (nSPS) is 21.7. The molecule has 1 aliphatic heterocycles. The Hall–Kier alpha value is -2.02. The number of hydrogen-bond acceptors (Lipinski definition) is 2. The van der Waals surface area contributed by atoms with E-state index in [0.29, 0.717) is 6.42 Å². The van der Waals surface area contributed by atoms with E-state index in [1.807, 2.05) is 55.6 Å². The Labute approximate surface area is 192 Å². The predicted octanol–water partition coefficient (Wildman–Crippen LogP) is 6.23. The van der Waals surface area contributed by atoms with Crippen LogP contribution in [0.2, 0.25) is 0 Å². The number of carbonyl (C=O) groups is 1. The number of amides is 1. The first-order chi connectivity index (χ1) is 14.4. The number of morpholine rings is 1. The fraction of sp³-hybridized carbons (Fsp3) is 0.208. The molecule has 4 rings (SSSR count). The first-order valence-corrected chi connectivity index (χ1v) is 11.2. The molecular weight excluding hydrogens is 513 g/mol. The molecule has 154 valence electrons. The second kappa shape index (κ2) is 9.00. The Morgan fingerprint density at radius 1 is 0.867 bits per heavy atom. The summed E-state index contributed by atoms with van der Waals surface area (Å²) in [6.07, 6.45) is -0.572. The minimum atomic E-state index is -0.638. The van der Waals surface area contributed by atoms with E-state index < -0.39 is 6.10 Å². The molecular formula is C24H20Br2FNO2. The minimum absolute atomic E-state index is 0.0828. The number of benzene rings is 3. The third kappa shape index (κ3) is 4.51. The second-order valence-corrected chi connectivity index (χ2v) is 9.20. The molecule has 30 heavy (non-hydrogen) atoms. The van der Waals surface area contributed by atoms with Crippen LogP contribution in [-0.4, -0.2) is 24.0 Å². The molecule has 1 fully saturated rings. The Morgan fingerprint density at radius 3 is 1.97 bits per heavy atom. The molecule has 0 bridgehead atoms. The lowest BCUT2D eigenvalue weighted by molar-refractivity contribution is -0.171. The van der Waals surface area contributed by atoms with E-state index in [2.05, 4.69) is 31.9 Å². The van der Waals surface area contributed by atoms with Gasteiger partial charge >= 0.3 is 0 Å². The summed E-state index contributed by atoms with van der Waals surface area (Å²) in [6, 6.07) is 21.9. The molecule has 3 aromatic carbocycles. The molecule has 0 saturated carbocycles. The van der Waals surface area contributed by atoms with E-state index in [9.17, 15) is 9.18 Å². The van der Waals surface area contributed by atoms with Crippen LogP contribution >= 0.6 is 31.9 Å². The molecule has 3 nitrogen and oxygen atoms in total. The highest BCUT2D eigenvalue weighted by molar-refractivity contribution is 9.10. The van der Waals surface area contributed by atoms with Gasteiger partial charge in [-0.2, -0.15) is 0 Å². The summed E-state index contributed by atoms with van der Waals surface area (Å²) in [4.78, 5) is 15.0. The topological polar surface area (TPSA) is 29.5 Å². The maximum Gasteiger partial charge on any atom is 0.252 e. The van der Waals surface area contributed by atoms with Crippen molar-refractivity contribution in [2.24, 2.45) is 0 Å². The summed E-state index contributed by atoms with van der Waals surface area (Å²) in [5.74, 6) is -0.379. The molecule has 0 spiro atoms. The van der Waals surface area contributed by atoms with Crippen molar-refractivity contribution < 1.29 is 13.9 Å². The molecule has 1 aliphatic rings. The number of likely N-dealkylation sites (N-methyl/N-ethyl adjacent to an activating group) is 1. The van der Waals surface area contributed by atoms with Crippen LogP contribution < -0.4 is 0 Å². The van der Waals surface area contributed by atoms with Gasteiger partial charge in [-0.15, -0.1) is 0 Å². The van der Waals surface area contributed by atoms with E-state index in [4.69, 9.17) is 4.74 Å². The average molecular weight is 533 g/mol. The molecule has 1 heterocycles. The van der Waals surface area contributed by atoms with Crippen LogP contribution in [0.25, 0.3) is 0 Å². The third-order valence-electron chi connectivity index (χ3n) is 5.38. The zero-order valence-electron chi connectivity index (χ0n) is 16.3. The van der Waals surface area contributed by atoms with Gasteiger partial charge in [-0.25, -0.2) is 4.39 Å². The monoisotopic (exact) mass is 531 g/mol. The highest BCUT2D eigenvalue weighted by Gasteiger charge is 2.42. The average Bonchev–Trinajstić information content (AvgIpc) is 2.74. The smallest absolute Gasteiger partial charge is 0.252 e. The van der Waals surface area contributed by atoms with Crippen molar-refractivity contribution in [2.45, 2.75) is 24.7 Å². The summed E-state index contributed by atoms with van der Waals surface area (Å²) in [5, 5.41) is 0. The Kier molecular flexibility index (Phi) is 6.37. The number of nitrogens with zero attached hydrogens (tertiary/aromatic N) is 1. The van der Waals surface area contributed by atoms with E-state index in [1.54, 1.807) is 17.0 Å². The van der Waals surface area contributed by atoms with Gasteiger partial charge in [0.2, 0.25) is 0 Å². The van der Waals surface area contributed by atoms with Crippen LogP contribution in [0.15, 0.2) is 81.7 Å². The standard InChI is InChI=1S/C24H20Br2FNO2/c1-28-22(16-4-8-18(25)9-5-16)23(17-6-10-19(26)11-7-17)30-21(24(28)29)14-15-2-12-20(27)13-3-15/h2-13,21-23H,14H2,1H3/t21-,22+,23-/m0/s1. The van der Waals surface area contributed by atoms with Gasteiger partial charge in [-0.1, -0.05) is 68.3 Å². The van der Waals surface area contributed by atoms with Crippen LogP contribution in [0.4, 0.5) is 4.39 Å². The number of hydrogen-bond donors (Lipinski definition) is 0. The van der Waals surface area contributed by atoms with Crippen molar-refractivity contribution in [3.63, 3.8) is 0 Å². The number of ether oxygens (including phenoxy) is 1. The lowest BCUT2D eigenvalue weighted by atomic mass is 9.91. The molecule has 3 aromatic rings. The number of halogens is 3. The molecule has 6 heteroatoms. The van der Waals surface area contributed by atoms with E-state index in [-0.39, 0.29) is 23.9 Å². The fourth-order valence-corrected chi connectivity index (χ4v) is 4.35. The largest absolute Gasteiger partial charge is 0.358 e. The summed E-state index contributed by atoms with van der Waals surface area (Å²) < 4.78 is 21.6. The van der Waals surface area contributed by atoms with Gasteiger partial charge in [-0.05, 0) is 53.1 Å². The number of rotatable bonds is 4. The van der Waals surface area contributed by atoms with Crippen molar-refractivity contribution in [3.05, 3.63) is 104 Å². The molecule has 1 amide bonds. The minimum Gasteiger partial charge on any atom is -0.358 e. The molecule has 0 aromatic heterocycles. The molecule has 0 radical (unpaired) electrons. The van der Waals surface area contributed by atoms with Gasteiger partial charge in [-0.3, -0.25) is 4.79 Å². The molecule has 0 unspecified atom stereocenters. The van der Waals surface area contributed by atoms with E-state index >= 15 is 0 Å². The van der Waals surface area contributed by atoms with Crippen molar-refractivity contribution in [3.8, 4) is 0 Å². The first-order valence-electron chi connectivity index (χ1n) is 9.60. The van der Waals surface area contributed by atoms with Crippen LogP contribution in [-0.2, 0) is 16.0 Å². The Morgan fingerprint density at radius 2 is 1.40 bits per heavy atom. The van der Waals surface area contributed by atoms with Gasteiger partial charge in [0.1, 0.15) is 18.0 Å². The highest BCUT2D eigenvalue weighted by atomic mass is 79.9. The molecule has 1 saturated heterocycles. The predicted molar refractivity (Wildman–Crippen MR) is 122 cm³/mol. The van der Waals surface area contributed by atoms with Crippen LogP contribution in [0.5, 0.6) is 0 Å². The zero-order valence-corrected chi connectivity index (χ0v) is 19.4. The summed E-state index contributed by atoms with van der Waals surface area (Å²) in [5.41, 5.74) is 2.86. The lowest BCUT2D eigenvalue weighted by Crippen LogP contribution is -2.49. The summed E-state index contributed by atoms with van der Waals surface area (Å²) >= 11 is 6.95. The van der Waals surface area contributed by atoms with Crippen LogP contribution in [0.3, 0.4) is 0 Å². The fourth-order valence-electron chi connectivity index (χ4n) is 3.82. The molecule has 0 aliphatic carbocycles. The van der Waals surface area contributed by atoms with E-state index in [0.717, 1.165) is 25.6 Å². The summed E-state index contributed by atoms with van der Waals surface area (Å²) in [6.45, 7) is 0. The Bertz CT molecular complexity index is 1020. The van der Waals surface area contributed by atoms with Crippen molar-refractivity contribution in [1.29, 1.82) is 0 Å². The van der Waals surface area contributed by atoms with Crippen molar-refractivity contribution in [2.75, 3.05) is 7.05 Å². The first kappa shape index (κ1) is 21.2. The lowest BCUT2D eigenvalue weighted by Gasteiger charge is -2.43. The van der Waals surface area contributed by atoms with Gasteiger partial charge in [0.25, 0.3) is 5.91 Å². The zero-order chi connectivity index (χ0) is 21.3. The maximum atomic E-state index is 13.3. The Balaban J connectivity index is 1.69. The quantitative estimate of drug-likeness (QED) is 0.398. The van der Waals surface area contributed by atoms with Gasteiger partial charge in [0, 0.05) is 22.4 Å². The highest BCUT2D eigenvalue weighted by Crippen LogP contribution is 2.42. The third-order valence-corrected chi connectivity index (χ3v) is 6.44. The second-order valence-electron chi connectivity index (χ2n) is 7.37.